The van der Waals surface area contributed by atoms with Crippen molar-refractivity contribution < 1.29 is 28.5 Å². The predicted octanol–water partition coefficient (Wildman–Crippen LogP) is 6.54. The molecule has 5 nitrogen and oxygen atoms in total. The number of hydrogen-bond donors (Lipinski definition) is 1. The van der Waals surface area contributed by atoms with E-state index < -0.39 is 30.3 Å². The van der Waals surface area contributed by atoms with E-state index in [1.807, 2.05) is 0 Å². The Morgan fingerprint density at radius 2 is 2.06 bits per heavy atom. The van der Waals surface area contributed by atoms with E-state index in [9.17, 15) is 9.90 Å². The van der Waals surface area contributed by atoms with Gasteiger partial charge in [-0.05, 0) is 68.6 Å². The van der Waals surface area contributed by atoms with Crippen LogP contribution >= 0.6 is 0 Å². The molecule has 35 heavy (non-hydrogen) atoms. The largest absolute Gasteiger partial charge is 0.467 e. The van der Waals surface area contributed by atoms with E-state index in [1.54, 1.807) is 12.2 Å². The van der Waals surface area contributed by atoms with E-state index in [-0.39, 0.29) is 23.5 Å². The lowest BCUT2D eigenvalue weighted by molar-refractivity contribution is -0.203. The molecule has 202 valence electrons. The van der Waals surface area contributed by atoms with Gasteiger partial charge in [0.1, 0.15) is 6.17 Å². The van der Waals surface area contributed by atoms with E-state index in [4.69, 9.17) is 14.2 Å². The first-order valence-electron chi connectivity index (χ1n) is 13.7. The van der Waals surface area contributed by atoms with Crippen molar-refractivity contribution in [2.75, 3.05) is 13.7 Å². The standard InChI is InChI=1S/C29H49FO5/c1-6-7-17-29(3,4)18-12-13-22-21(2)20-24(31)27(22)23(30)14-8-9-15-25(28(32)33-5)35-26-16-10-11-19-34-26/h8,12-14,21-27,31H,6-7,9-11,15-20H2,1-5H3/t21-,22+,23-,24+,25?,26?,27+/m1/s1. The molecule has 0 aromatic carbocycles. The van der Waals surface area contributed by atoms with Crippen LogP contribution in [0.2, 0.25) is 0 Å². The minimum Gasteiger partial charge on any atom is -0.467 e. The van der Waals surface area contributed by atoms with Crippen molar-refractivity contribution in [3.63, 3.8) is 0 Å². The van der Waals surface area contributed by atoms with Crippen LogP contribution in [0.25, 0.3) is 0 Å². The molecule has 6 heteroatoms. The fourth-order valence-electron chi connectivity index (χ4n) is 5.35. The number of allylic oxidation sites excluding steroid dienone is 4. The predicted molar refractivity (Wildman–Crippen MR) is 138 cm³/mol. The molecular formula is C29H49FO5. The highest BCUT2D eigenvalue weighted by Crippen LogP contribution is 2.42. The van der Waals surface area contributed by atoms with Crippen molar-refractivity contribution in [2.24, 2.45) is 23.2 Å². The van der Waals surface area contributed by atoms with Crippen molar-refractivity contribution in [1.29, 1.82) is 0 Å². The highest BCUT2D eigenvalue weighted by atomic mass is 19.1. The highest BCUT2D eigenvalue weighted by Gasteiger charge is 2.42. The summed E-state index contributed by atoms with van der Waals surface area (Å²) in [6, 6.07) is 0. The third kappa shape index (κ3) is 9.97. The number of esters is 1. The van der Waals surface area contributed by atoms with E-state index in [1.165, 1.54) is 26.4 Å². The van der Waals surface area contributed by atoms with Crippen molar-refractivity contribution in [2.45, 2.75) is 117 Å². The zero-order chi connectivity index (χ0) is 25.8. The van der Waals surface area contributed by atoms with Gasteiger partial charge in [0.15, 0.2) is 12.4 Å². The molecule has 2 unspecified atom stereocenters. The topological polar surface area (TPSA) is 65.0 Å². The van der Waals surface area contributed by atoms with E-state index in [0.29, 0.717) is 25.9 Å². The zero-order valence-corrected chi connectivity index (χ0v) is 22.6. The minimum atomic E-state index is -1.24. The van der Waals surface area contributed by atoms with Gasteiger partial charge in [-0.3, -0.25) is 0 Å². The lowest BCUT2D eigenvalue weighted by atomic mass is 9.81. The molecule has 2 fully saturated rings. The summed E-state index contributed by atoms with van der Waals surface area (Å²) in [6.07, 6.45) is 13.5. The van der Waals surface area contributed by atoms with Crippen molar-refractivity contribution in [3.05, 3.63) is 24.3 Å². The molecular weight excluding hydrogens is 447 g/mol. The van der Waals surface area contributed by atoms with Crippen LogP contribution in [0, 0.1) is 23.2 Å². The van der Waals surface area contributed by atoms with Crippen molar-refractivity contribution in [1.82, 2.24) is 0 Å². The SMILES string of the molecule is CCCCC(C)(C)CC=C[C@@H]1[C@@H]([C@H](F)C=CCCC(OC2CCCCO2)C(=O)OC)[C@@H](O)C[C@H]1C. The molecule has 7 atom stereocenters. The first-order valence-corrected chi connectivity index (χ1v) is 13.7. The van der Waals surface area contributed by atoms with Gasteiger partial charge >= 0.3 is 5.97 Å². The van der Waals surface area contributed by atoms with Gasteiger partial charge in [-0.15, -0.1) is 0 Å². The maximum Gasteiger partial charge on any atom is 0.335 e. The Hall–Kier alpha value is -1.24. The monoisotopic (exact) mass is 496 g/mol. The molecule has 0 aromatic heterocycles. The second-order valence-corrected chi connectivity index (χ2v) is 11.2. The number of methoxy groups -OCH3 is 1. The fraction of sp³-hybridized carbons (Fsp3) is 0.828. The van der Waals surface area contributed by atoms with Gasteiger partial charge in [0.2, 0.25) is 0 Å². The second-order valence-electron chi connectivity index (χ2n) is 11.2. The van der Waals surface area contributed by atoms with E-state index in [0.717, 1.165) is 25.7 Å². The number of unbranched alkanes of at least 4 members (excludes halogenated alkanes) is 1. The lowest BCUT2D eigenvalue weighted by Crippen LogP contribution is -2.33. The number of carbonyl (C=O) groups is 1. The van der Waals surface area contributed by atoms with Crippen LogP contribution in [0.1, 0.15) is 91.9 Å². The number of hydrogen-bond acceptors (Lipinski definition) is 5. The summed E-state index contributed by atoms with van der Waals surface area (Å²) in [5, 5.41) is 10.6. The molecule has 0 aromatic rings. The average Bonchev–Trinajstić information content (AvgIpc) is 3.12. The number of ether oxygens (including phenoxy) is 3. The number of aliphatic hydroxyl groups excluding tert-OH is 1. The quantitative estimate of drug-likeness (QED) is 0.218. The summed E-state index contributed by atoms with van der Waals surface area (Å²) in [7, 11) is 1.34. The van der Waals surface area contributed by atoms with Gasteiger partial charge in [-0.25, -0.2) is 9.18 Å². The van der Waals surface area contributed by atoms with Gasteiger partial charge in [0.25, 0.3) is 0 Å². The summed E-state index contributed by atoms with van der Waals surface area (Å²) in [5.74, 6) is -0.624. The van der Waals surface area contributed by atoms with Gasteiger partial charge in [-0.1, -0.05) is 64.8 Å². The third-order valence-electron chi connectivity index (χ3n) is 7.60. The number of carbonyl (C=O) groups excluding carboxylic acids is 1. The Labute approximate surface area is 212 Å². The Balaban J connectivity index is 1.91. The fourth-order valence-corrected chi connectivity index (χ4v) is 5.35. The Bertz CT molecular complexity index is 670. The second kappa shape index (κ2) is 15.1. The Morgan fingerprint density at radius 1 is 1.29 bits per heavy atom. The van der Waals surface area contributed by atoms with Crippen molar-refractivity contribution in [3.8, 4) is 0 Å². The van der Waals surface area contributed by atoms with Crippen LogP contribution in [0.4, 0.5) is 4.39 Å². The smallest absolute Gasteiger partial charge is 0.335 e. The number of alkyl halides is 1. The number of rotatable bonds is 14. The number of aliphatic hydroxyl groups is 1. The molecule has 1 saturated carbocycles. The van der Waals surface area contributed by atoms with Crippen molar-refractivity contribution >= 4 is 5.97 Å². The molecule has 0 spiro atoms. The molecule has 2 aliphatic rings. The molecule has 1 heterocycles. The lowest BCUT2D eigenvalue weighted by Gasteiger charge is -2.26. The molecule has 1 saturated heterocycles. The molecule has 0 radical (unpaired) electrons. The minimum absolute atomic E-state index is 0.0150. The summed E-state index contributed by atoms with van der Waals surface area (Å²) in [5.41, 5.74) is 0.235. The third-order valence-corrected chi connectivity index (χ3v) is 7.60. The van der Waals surface area contributed by atoms with Crippen LogP contribution in [0.15, 0.2) is 24.3 Å². The average molecular weight is 497 g/mol. The molecule has 2 rings (SSSR count). The first kappa shape index (κ1) is 30.0. The summed E-state index contributed by atoms with van der Waals surface area (Å²) in [4.78, 5) is 12.1. The summed E-state index contributed by atoms with van der Waals surface area (Å²) < 4.78 is 31.6. The maximum atomic E-state index is 15.3. The van der Waals surface area contributed by atoms with E-state index >= 15 is 4.39 Å². The Kier molecular flexibility index (Phi) is 12.9. The van der Waals surface area contributed by atoms with Crippen LogP contribution in [-0.2, 0) is 19.0 Å². The summed E-state index contributed by atoms with van der Waals surface area (Å²) >= 11 is 0. The first-order chi connectivity index (χ1) is 16.7. The molecule has 1 N–H and O–H groups in total. The molecule has 1 aliphatic heterocycles. The van der Waals surface area contributed by atoms with Crippen LogP contribution < -0.4 is 0 Å². The van der Waals surface area contributed by atoms with Gasteiger partial charge in [0, 0.05) is 12.5 Å². The molecule has 1 aliphatic carbocycles. The van der Waals surface area contributed by atoms with Gasteiger partial charge in [0.05, 0.1) is 13.2 Å². The highest BCUT2D eigenvalue weighted by molar-refractivity contribution is 5.74. The summed E-state index contributed by atoms with van der Waals surface area (Å²) in [6.45, 7) is 9.51. The Morgan fingerprint density at radius 3 is 2.71 bits per heavy atom. The van der Waals surface area contributed by atoms with Crippen LogP contribution in [0.5, 0.6) is 0 Å². The zero-order valence-electron chi connectivity index (χ0n) is 22.6. The molecule has 0 bridgehead atoms. The number of halogens is 1. The van der Waals surface area contributed by atoms with Gasteiger partial charge < -0.3 is 19.3 Å². The van der Waals surface area contributed by atoms with E-state index in [2.05, 4.69) is 39.8 Å². The maximum absolute atomic E-state index is 15.3. The van der Waals surface area contributed by atoms with Crippen LogP contribution in [-0.4, -0.2) is 49.5 Å². The van der Waals surface area contributed by atoms with Crippen LogP contribution in [0.3, 0.4) is 0 Å². The molecule has 0 amide bonds. The normalized spacial score (nSPS) is 29.6. The van der Waals surface area contributed by atoms with Gasteiger partial charge in [-0.2, -0.15) is 0 Å².